The van der Waals surface area contributed by atoms with Crippen LogP contribution in [0.3, 0.4) is 0 Å². The molecule has 0 aromatic rings. The van der Waals surface area contributed by atoms with Crippen molar-refractivity contribution in [2.45, 2.75) is 117 Å². The summed E-state index contributed by atoms with van der Waals surface area (Å²) in [5.41, 5.74) is 0. The highest BCUT2D eigenvalue weighted by molar-refractivity contribution is 5.69. The van der Waals surface area contributed by atoms with Gasteiger partial charge in [0, 0.05) is 54.4 Å². The molecule has 2 unspecified atom stereocenters. The molecule has 16 nitrogen and oxygen atoms in total. The molecule has 16 heteroatoms. The van der Waals surface area contributed by atoms with Crippen LogP contribution in [0.4, 0.5) is 0 Å². The zero-order valence-electron chi connectivity index (χ0n) is 25.9. The molecule has 0 saturated carbocycles. The maximum absolute atomic E-state index is 12.3. The van der Waals surface area contributed by atoms with Crippen molar-refractivity contribution >= 4 is 41.8 Å². The van der Waals surface area contributed by atoms with Gasteiger partial charge >= 0.3 is 41.8 Å². The monoisotopic (exact) mass is 632 g/mol. The van der Waals surface area contributed by atoms with Crippen molar-refractivity contribution in [2.75, 3.05) is 13.2 Å². The summed E-state index contributed by atoms with van der Waals surface area (Å²) in [6.45, 7) is 8.75. The van der Waals surface area contributed by atoms with Gasteiger partial charge in [-0.15, -0.1) is 0 Å². The molecule has 0 aliphatic carbocycles. The number of esters is 7. The Hall–Kier alpha value is -3.79. The second-order valence-corrected chi connectivity index (χ2v) is 10.5. The van der Waals surface area contributed by atoms with E-state index < -0.39 is 109 Å². The highest BCUT2D eigenvalue weighted by Gasteiger charge is 2.56. The summed E-state index contributed by atoms with van der Waals surface area (Å²) in [5, 5.41) is 0. The normalized spacial score (nSPS) is 31.5. The van der Waals surface area contributed by atoms with Crippen LogP contribution >= 0.6 is 0 Å². The Morgan fingerprint density at radius 1 is 0.455 bits per heavy atom. The minimum atomic E-state index is -1.44. The topological polar surface area (TPSA) is 203 Å². The lowest BCUT2D eigenvalue weighted by molar-refractivity contribution is -0.266. The lowest BCUT2D eigenvalue weighted by atomic mass is 9.80. The standard InChI is InChI=1S/C28H40O16/c1-12-24(39-15(4)31)25(40-16(5)32)20(22(38-12)10-36-13(2)29)9-21-26(41-17(6)33)28(43-19(8)35)27(42-18(7)34)23(44-21)11-37-14(3)30/h12,20-28H,9-11H2,1-8H3/t12?,20-,21?,22-,23+,24+,25+,26-,27-,28+/m1/s1. The molecule has 0 bridgehead atoms. The molecule has 2 rings (SSSR count). The molecule has 2 heterocycles. The van der Waals surface area contributed by atoms with E-state index in [0.29, 0.717) is 0 Å². The summed E-state index contributed by atoms with van der Waals surface area (Å²) in [6, 6.07) is 0. The summed E-state index contributed by atoms with van der Waals surface area (Å²) in [6.07, 6.45) is -10.9. The zero-order chi connectivity index (χ0) is 33.3. The van der Waals surface area contributed by atoms with Crippen LogP contribution in [0.2, 0.25) is 0 Å². The Morgan fingerprint density at radius 3 is 1.30 bits per heavy atom. The molecular formula is C28H40O16. The molecule has 0 aromatic carbocycles. The van der Waals surface area contributed by atoms with Crippen molar-refractivity contribution in [2.24, 2.45) is 5.92 Å². The first-order chi connectivity index (χ1) is 20.5. The van der Waals surface area contributed by atoms with E-state index in [-0.39, 0.29) is 13.0 Å². The first-order valence-corrected chi connectivity index (χ1v) is 13.9. The number of hydrogen-bond donors (Lipinski definition) is 0. The Balaban J connectivity index is 2.66. The number of ether oxygens (including phenoxy) is 9. The molecule has 44 heavy (non-hydrogen) atoms. The fourth-order valence-corrected chi connectivity index (χ4v) is 5.30. The van der Waals surface area contributed by atoms with Crippen LogP contribution in [-0.4, -0.2) is 110 Å². The second-order valence-electron chi connectivity index (χ2n) is 10.5. The van der Waals surface area contributed by atoms with E-state index >= 15 is 0 Å². The van der Waals surface area contributed by atoms with Gasteiger partial charge in [0.05, 0.1) is 18.3 Å². The first kappa shape index (κ1) is 36.4. The minimum absolute atomic E-state index is 0.201. The molecule has 0 aromatic heterocycles. The molecule has 0 N–H and O–H groups in total. The molecular weight excluding hydrogens is 592 g/mol. The van der Waals surface area contributed by atoms with Crippen LogP contribution in [0.25, 0.3) is 0 Å². The van der Waals surface area contributed by atoms with Crippen molar-refractivity contribution in [3.05, 3.63) is 0 Å². The smallest absolute Gasteiger partial charge is 0.303 e. The van der Waals surface area contributed by atoms with Crippen LogP contribution in [0.15, 0.2) is 0 Å². The molecule has 10 atom stereocenters. The lowest BCUT2D eigenvalue weighted by Crippen LogP contribution is -2.64. The lowest BCUT2D eigenvalue weighted by Gasteiger charge is -2.48. The number of hydrogen-bond acceptors (Lipinski definition) is 16. The van der Waals surface area contributed by atoms with Gasteiger partial charge in [0.25, 0.3) is 0 Å². The van der Waals surface area contributed by atoms with Gasteiger partial charge in [-0.25, -0.2) is 0 Å². The molecule has 2 aliphatic rings. The van der Waals surface area contributed by atoms with E-state index in [1.165, 1.54) is 6.92 Å². The number of carbonyl (C=O) groups is 7. The van der Waals surface area contributed by atoms with E-state index in [1.54, 1.807) is 6.92 Å². The molecule has 2 aliphatic heterocycles. The highest BCUT2D eigenvalue weighted by atomic mass is 16.7. The van der Waals surface area contributed by atoms with Gasteiger partial charge in [0.2, 0.25) is 0 Å². The number of carbonyl (C=O) groups excluding carboxylic acids is 7. The maximum atomic E-state index is 12.3. The molecule has 248 valence electrons. The van der Waals surface area contributed by atoms with Crippen molar-refractivity contribution < 1.29 is 76.2 Å². The third-order valence-corrected chi connectivity index (χ3v) is 6.72. The molecule has 0 spiro atoms. The van der Waals surface area contributed by atoms with Gasteiger partial charge < -0.3 is 42.6 Å². The Labute approximate surface area is 254 Å². The van der Waals surface area contributed by atoms with Gasteiger partial charge in [-0.05, 0) is 13.3 Å². The van der Waals surface area contributed by atoms with Gasteiger partial charge in [0.1, 0.15) is 25.4 Å². The second kappa shape index (κ2) is 16.3. The minimum Gasteiger partial charge on any atom is -0.463 e. The average Bonchev–Trinajstić information content (AvgIpc) is 2.87. The third kappa shape index (κ3) is 10.7. The van der Waals surface area contributed by atoms with Crippen LogP contribution in [0.1, 0.15) is 61.8 Å². The maximum Gasteiger partial charge on any atom is 0.303 e. The predicted molar refractivity (Wildman–Crippen MR) is 142 cm³/mol. The molecule has 0 amide bonds. The van der Waals surface area contributed by atoms with E-state index in [2.05, 4.69) is 0 Å². The summed E-state index contributed by atoms with van der Waals surface area (Å²) in [7, 11) is 0. The van der Waals surface area contributed by atoms with Gasteiger partial charge in [0.15, 0.2) is 24.4 Å². The van der Waals surface area contributed by atoms with Crippen molar-refractivity contribution in [1.29, 1.82) is 0 Å². The Morgan fingerprint density at radius 2 is 0.841 bits per heavy atom. The van der Waals surface area contributed by atoms with Crippen molar-refractivity contribution in [3.8, 4) is 0 Å². The summed E-state index contributed by atoms with van der Waals surface area (Å²) >= 11 is 0. The highest BCUT2D eigenvalue weighted by Crippen LogP contribution is 2.39. The quantitative estimate of drug-likeness (QED) is 0.222. The third-order valence-electron chi connectivity index (χ3n) is 6.72. The fourth-order valence-electron chi connectivity index (χ4n) is 5.30. The molecule has 2 fully saturated rings. The van der Waals surface area contributed by atoms with E-state index in [9.17, 15) is 33.6 Å². The SMILES string of the molecule is CC(=O)OC[C@@H]1OC(C[C@H]2[C@H](OC(C)=O)[C@@H](OC(C)=O)C(C)O[C@@H]2COC(C)=O)[C@@H](OC(C)=O)[C@H](OC(C)=O)[C@@H]1OC(C)=O. The van der Waals surface area contributed by atoms with Crippen molar-refractivity contribution in [3.63, 3.8) is 0 Å². The van der Waals surface area contributed by atoms with Gasteiger partial charge in [-0.3, -0.25) is 33.6 Å². The largest absolute Gasteiger partial charge is 0.463 e. The van der Waals surface area contributed by atoms with Crippen LogP contribution in [-0.2, 0) is 76.2 Å². The number of rotatable bonds is 11. The van der Waals surface area contributed by atoms with Crippen LogP contribution in [0.5, 0.6) is 0 Å². The van der Waals surface area contributed by atoms with E-state index in [0.717, 1.165) is 41.5 Å². The zero-order valence-corrected chi connectivity index (χ0v) is 25.9. The van der Waals surface area contributed by atoms with E-state index in [4.69, 9.17) is 42.6 Å². The Kier molecular flexibility index (Phi) is 13.5. The summed E-state index contributed by atoms with van der Waals surface area (Å²) < 4.78 is 50.2. The van der Waals surface area contributed by atoms with Crippen LogP contribution in [0, 0.1) is 5.92 Å². The average molecular weight is 633 g/mol. The first-order valence-electron chi connectivity index (χ1n) is 13.9. The van der Waals surface area contributed by atoms with Crippen LogP contribution < -0.4 is 0 Å². The Bertz CT molecular complexity index is 1090. The molecule has 2 saturated heterocycles. The predicted octanol–water partition coefficient (Wildman–Crippen LogP) is 0.332. The van der Waals surface area contributed by atoms with E-state index in [1.807, 2.05) is 0 Å². The van der Waals surface area contributed by atoms with Gasteiger partial charge in [-0.2, -0.15) is 0 Å². The molecule has 0 radical (unpaired) electrons. The summed E-state index contributed by atoms with van der Waals surface area (Å²) in [5.74, 6) is -6.08. The van der Waals surface area contributed by atoms with Crippen molar-refractivity contribution in [1.82, 2.24) is 0 Å². The fraction of sp³-hybridized carbons (Fsp3) is 0.750. The van der Waals surface area contributed by atoms with Gasteiger partial charge in [-0.1, -0.05) is 0 Å². The summed E-state index contributed by atoms with van der Waals surface area (Å²) in [4.78, 5) is 84.1.